The van der Waals surface area contributed by atoms with Crippen molar-refractivity contribution in [1.29, 1.82) is 5.41 Å². The van der Waals surface area contributed by atoms with Crippen LogP contribution in [-0.4, -0.2) is 23.4 Å². The zero-order valence-corrected chi connectivity index (χ0v) is 9.05. The minimum atomic E-state index is -0.0592. The summed E-state index contributed by atoms with van der Waals surface area (Å²) in [5, 5.41) is 9.77. The van der Waals surface area contributed by atoms with E-state index < -0.39 is 0 Å². The van der Waals surface area contributed by atoms with Crippen LogP contribution in [0.5, 0.6) is 0 Å². The topological polar surface area (TPSA) is 91.5 Å². The SMILES string of the molecule is N=C(N=C(N)N)N1CCc2sccc2C1. The summed E-state index contributed by atoms with van der Waals surface area (Å²) in [5.41, 5.74) is 11.8. The van der Waals surface area contributed by atoms with Gasteiger partial charge in [0.25, 0.3) is 0 Å². The number of nitrogens with zero attached hydrogens (tertiary/aromatic N) is 2. The van der Waals surface area contributed by atoms with Crippen molar-refractivity contribution < 1.29 is 0 Å². The largest absolute Gasteiger partial charge is 0.370 e. The van der Waals surface area contributed by atoms with Gasteiger partial charge in [0.05, 0.1) is 0 Å². The monoisotopic (exact) mass is 223 g/mol. The highest BCUT2D eigenvalue weighted by atomic mass is 32.1. The third-order valence-electron chi connectivity index (χ3n) is 2.34. The van der Waals surface area contributed by atoms with E-state index in [-0.39, 0.29) is 11.9 Å². The smallest absolute Gasteiger partial charge is 0.221 e. The standard InChI is InChI=1S/C9H13N5S/c10-8(11)13-9(12)14-3-1-7-6(5-14)2-4-15-7/h2,4H,1,3,5H2,(H5,10,11,12,13). The predicted molar refractivity (Wildman–Crippen MR) is 62.0 cm³/mol. The molecule has 5 N–H and O–H groups in total. The van der Waals surface area contributed by atoms with Crippen molar-refractivity contribution in [3.63, 3.8) is 0 Å². The van der Waals surface area contributed by atoms with Gasteiger partial charge in [0.15, 0.2) is 5.96 Å². The molecule has 0 bridgehead atoms. The second-order valence-electron chi connectivity index (χ2n) is 3.40. The summed E-state index contributed by atoms with van der Waals surface area (Å²) in [6, 6.07) is 2.09. The lowest BCUT2D eigenvalue weighted by atomic mass is 10.1. The Labute approximate surface area is 91.9 Å². The Morgan fingerprint density at radius 2 is 2.33 bits per heavy atom. The Morgan fingerprint density at radius 1 is 1.53 bits per heavy atom. The summed E-state index contributed by atoms with van der Waals surface area (Å²) in [6.07, 6.45) is 0.968. The number of rotatable bonds is 0. The van der Waals surface area contributed by atoms with Gasteiger partial charge in [-0.2, -0.15) is 4.99 Å². The highest BCUT2D eigenvalue weighted by molar-refractivity contribution is 7.10. The highest BCUT2D eigenvalue weighted by Gasteiger charge is 2.18. The molecule has 1 aliphatic rings. The number of guanidine groups is 2. The Hall–Kier alpha value is -1.56. The molecule has 0 aromatic carbocycles. The summed E-state index contributed by atoms with van der Waals surface area (Å²) in [4.78, 5) is 7.02. The maximum absolute atomic E-state index is 7.69. The van der Waals surface area contributed by atoms with Gasteiger partial charge in [-0.15, -0.1) is 11.3 Å². The van der Waals surface area contributed by atoms with E-state index in [1.165, 1.54) is 10.4 Å². The van der Waals surface area contributed by atoms with E-state index in [0.29, 0.717) is 0 Å². The molecule has 15 heavy (non-hydrogen) atoms. The van der Waals surface area contributed by atoms with Crippen molar-refractivity contribution in [3.05, 3.63) is 21.9 Å². The first-order valence-corrected chi connectivity index (χ1v) is 5.53. The summed E-state index contributed by atoms with van der Waals surface area (Å²) in [5.74, 6) is 0.0861. The van der Waals surface area contributed by atoms with Gasteiger partial charge < -0.3 is 16.4 Å². The van der Waals surface area contributed by atoms with Crippen molar-refractivity contribution in [3.8, 4) is 0 Å². The van der Waals surface area contributed by atoms with Crippen LogP contribution in [0.4, 0.5) is 0 Å². The third-order valence-corrected chi connectivity index (χ3v) is 3.37. The molecule has 0 radical (unpaired) electrons. The molecule has 1 aliphatic heterocycles. The van der Waals surface area contributed by atoms with Crippen molar-refractivity contribution in [2.45, 2.75) is 13.0 Å². The average Bonchev–Trinajstić information content (AvgIpc) is 2.62. The third kappa shape index (κ3) is 2.10. The maximum atomic E-state index is 7.69. The Kier molecular flexibility index (Phi) is 2.59. The van der Waals surface area contributed by atoms with Gasteiger partial charge in [-0.05, 0) is 23.4 Å². The number of nitrogens with one attached hydrogen (secondary N) is 1. The van der Waals surface area contributed by atoms with Crippen molar-refractivity contribution in [2.24, 2.45) is 16.5 Å². The normalized spacial score (nSPS) is 14.5. The molecule has 0 saturated carbocycles. The van der Waals surface area contributed by atoms with Crippen molar-refractivity contribution in [1.82, 2.24) is 4.90 Å². The Bertz CT molecular complexity index is 404. The van der Waals surface area contributed by atoms with Crippen LogP contribution >= 0.6 is 11.3 Å². The Balaban J connectivity index is 2.10. The molecule has 0 spiro atoms. The van der Waals surface area contributed by atoms with E-state index in [0.717, 1.165) is 19.5 Å². The fraction of sp³-hybridized carbons (Fsp3) is 0.333. The molecule has 1 aromatic rings. The fourth-order valence-electron chi connectivity index (χ4n) is 1.62. The van der Waals surface area contributed by atoms with Crippen LogP contribution in [0, 0.1) is 5.41 Å². The van der Waals surface area contributed by atoms with Crippen LogP contribution in [-0.2, 0) is 13.0 Å². The van der Waals surface area contributed by atoms with Crippen LogP contribution in [0.3, 0.4) is 0 Å². The van der Waals surface area contributed by atoms with Crippen LogP contribution < -0.4 is 11.5 Å². The molecule has 0 saturated heterocycles. The number of fused-ring (bicyclic) bond motifs is 1. The Morgan fingerprint density at radius 3 is 3.07 bits per heavy atom. The van der Waals surface area contributed by atoms with Crippen molar-refractivity contribution in [2.75, 3.05) is 6.54 Å². The molecule has 0 aliphatic carbocycles. The fourth-order valence-corrected chi connectivity index (χ4v) is 2.51. The van der Waals surface area contributed by atoms with Gasteiger partial charge in [0, 0.05) is 18.0 Å². The first-order chi connectivity index (χ1) is 7.16. The molecule has 0 unspecified atom stereocenters. The lowest BCUT2D eigenvalue weighted by Crippen LogP contribution is -2.36. The van der Waals surface area contributed by atoms with E-state index in [2.05, 4.69) is 16.4 Å². The number of aliphatic imine (C=N–C) groups is 1. The highest BCUT2D eigenvalue weighted by Crippen LogP contribution is 2.23. The van der Waals surface area contributed by atoms with E-state index in [1.54, 1.807) is 11.3 Å². The lowest BCUT2D eigenvalue weighted by molar-refractivity contribution is 0.391. The predicted octanol–water partition coefficient (Wildman–Crippen LogP) is 0.314. The summed E-state index contributed by atoms with van der Waals surface area (Å²) < 4.78 is 0. The molecule has 0 atom stereocenters. The first kappa shape index (κ1) is 9.97. The van der Waals surface area contributed by atoms with Gasteiger partial charge in [-0.1, -0.05) is 0 Å². The first-order valence-electron chi connectivity index (χ1n) is 4.65. The molecule has 5 nitrogen and oxygen atoms in total. The van der Waals surface area contributed by atoms with E-state index in [9.17, 15) is 0 Å². The molecular weight excluding hydrogens is 210 g/mol. The molecule has 1 aromatic heterocycles. The number of nitrogens with two attached hydrogens (primary N) is 2. The van der Waals surface area contributed by atoms with Crippen LogP contribution in [0.15, 0.2) is 16.4 Å². The summed E-state index contributed by atoms with van der Waals surface area (Å²) >= 11 is 1.77. The van der Waals surface area contributed by atoms with Crippen LogP contribution in [0.2, 0.25) is 0 Å². The molecule has 0 amide bonds. The zero-order valence-electron chi connectivity index (χ0n) is 8.23. The van der Waals surface area contributed by atoms with Gasteiger partial charge in [-0.3, -0.25) is 5.41 Å². The number of hydrogen-bond acceptors (Lipinski definition) is 2. The van der Waals surface area contributed by atoms with E-state index in [4.69, 9.17) is 16.9 Å². The minimum Gasteiger partial charge on any atom is -0.370 e. The number of hydrogen-bond donors (Lipinski definition) is 3. The molecule has 2 heterocycles. The molecule has 2 rings (SSSR count). The number of thiophene rings is 1. The average molecular weight is 223 g/mol. The van der Waals surface area contributed by atoms with Crippen molar-refractivity contribution >= 4 is 23.3 Å². The van der Waals surface area contributed by atoms with Gasteiger partial charge in [0.1, 0.15) is 0 Å². The van der Waals surface area contributed by atoms with E-state index >= 15 is 0 Å². The van der Waals surface area contributed by atoms with Crippen LogP contribution in [0.25, 0.3) is 0 Å². The van der Waals surface area contributed by atoms with Gasteiger partial charge >= 0.3 is 0 Å². The summed E-state index contributed by atoms with van der Waals surface area (Å²) in [7, 11) is 0. The second kappa shape index (κ2) is 3.90. The van der Waals surface area contributed by atoms with Gasteiger partial charge in [-0.25, -0.2) is 0 Å². The lowest BCUT2D eigenvalue weighted by Gasteiger charge is -2.26. The van der Waals surface area contributed by atoms with Crippen LogP contribution in [0.1, 0.15) is 10.4 Å². The molecule has 6 heteroatoms. The van der Waals surface area contributed by atoms with Gasteiger partial charge in [0.2, 0.25) is 5.96 Å². The quantitative estimate of drug-likeness (QED) is 0.437. The molecule has 80 valence electrons. The second-order valence-corrected chi connectivity index (χ2v) is 4.40. The maximum Gasteiger partial charge on any atom is 0.221 e. The summed E-state index contributed by atoms with van der Waals surface area (Å²) in [6.45, 7) is 1.54. The zero-order chi connectivity index (χ0) is 10.8. The molecular formula is C9H13N5S. The molecule has 0 fully saturated rings. The van der Waals surface area contributed by atoms with E-state index in [1.807, 2.05) is 4.90 Å². The minimum absolute atomic E-state index is 0.0592.